The maximum absolute atomic E-state index is 10.9. The quantitative estimate of drug-likeness (QED) is 0.429. The van der Waals surface area contributed by atoms with Crippen molar-refractivity contribution in [3.05, 3.63) is 58.4 Å². The molecule has 0 saturated heterocycles. The molecule has 2 N–H and O–H groups in total. The number of carbonyl (C=O) groups is 1. The van der Waals surface area contributed by atoms with Crippen LogP contribution >= 0.6 is 0 Å². The monoisotopic (exact) mass is 460 g/mol. The lowest BCUT2D eigenvalue weighted by Crippen LogP contribution is -2.30. The largest absolute Gasteiger partial charge is 0.502 e. The molecule has 0 aliphatic carbocycles. The predicted molar refractivity (Wildman–Crippen MR) is 128 cm³/mol. The molecule has 0 fully saturated rings. The summed E-state index contributed by atoms with van der Waals surface area (Å²) >= 11 is 0. The molecular weight excluding hydrogens is 432 g/mol. The molecule has 1 aliphatic heterocycles. The second-order valence-corrected chi connectivity index (χ2v) is 8.73. The molecule has 0 saturated carbocycles. The summed E-state index contributed by atoms with van der Waals surface area (Å²) in [5, 5.41) is 16.7. The highest BCUT2D eigenvalue weighted by Crippen LogP contribution is 2.36. The van der Waals surface area contributed by atoms with E-state index in [0.717, 1.165) is 30.5 Å². The van der Waals surface area contributed by atoms with E-state index in [0.29, 0.717) is 35.1 Å². The Morgan fingerprint density at radius 2 is 2.18 bits per heavy atom. The molecule has 0 radical (unpaired) electrons. The number of benzene rings is 2. The third-order valence-electron chi connectivity index (χ3n) is 6.02. The van der Waals surface area contributed by atoms with Crippen molar-refractivity contribution in [2.75, 3.05) is 6.54 Å². The number of carboxylic acids is 1. The Kier molecular flexibility index (Phi) is 6.94. The van der Waals surface area contributed by atoms with Crippen LogP contribution in [0.4, 0.5) is 5.69 Å². The van der Waals surface area contributed by atoms with Gasteiger partial charge in [0.05, 0.1) is 12.7 Å². The SMILES string of the molecule is [C-]#[N+]c1cc(-c2nc(-c3ccc4c(c3C)CCNC4CCCC(=O)O)no2)ccc1OC(C)C. The van der Waals surface area contributed by atoms with E-state index in [4.69, 9.17) is 20.9 Å². The zero-order valence-corrected chi connectivity index (χ0v) is 19.6. The van der Waals surface area contributed by atoms with Crippen molar-refractivity contribution >= 4 is 11.7 Å². The number of carboxylic acid groups (broad SMARTS) is 1. The molecule has 0 amide bonds. The van der Waals surface area contributed by atoms with Gasteiger partial charge in [0.25, 0.3) is 5.89 Å². The molecule has 34 heavy (non-hydrogen) atoms. The molecule has 2 heterocycles. The molecule has 176 valence electrons. The normalized spacial score (nSPS) is 15.1. The lowest BCUT2D eigenvalue weighted by atomic mass is 9.86. The second kappa shape index (κ2) is 10.1. The summed E-state index contributed by atoms with van der Waals surface area (Å²) in [6.07, 6.45) is 2.45. The van der Waals surface area contributed by atoms with Gasteiger partial charge in [0.15, 0.2) is 0 Å². The van der Waals surface area contributed by atoms with Crippen molar-refractivity contribution in [3.8, 4) is 28.6 Å². The van der Waals surface area contributed by atoms with Crippen LogP contribution in [0.2, 0.25) is 0 Å². The Morgan fingerprint density at radius 1 is 1.35 bits per heavy atom. The van der Waals surface area contributed by atoms with Crippen LogP contribution in [0.1, 0.15) is 55.8 Å². The molecule has 8 nitrogen and oxygen atoms in total. The number of ether oxygens (including phenoxy) is 1. The minimum atomic E-state index is -0.763. The number of hydrogen-bond donors (Lipinski definition) is 2. The van der Waals surface area contributed by atoms with Crippen LogP contribution in [0.15, 0.2) is 34.9 Å². The van der Waals surface area contributed by atoms with Gasteiger partial charge in [0.2, 0.25) is 11.5 Å². The van der Waals surface area contributed by atoms with Gasteiger partial charge in [-0.1, -0.05) is 17.3 Å². The number of aromatic nitrogens is 2. The third-order valence-corrected chi connectivity index (χ3v) is 6.02. The van der Waals surface area contributed by atoms with Gasteiger partial charge >= 0.3 is 5.97 Å². The summed E-state index contributed by atoms with van der Waals surface area (Å²) in [4.78, 5) is 19.1. The van der Waals surface area contributed by atoms with Crippen LogP contribution in [0, 0.1) is 13.5 Å². The molecule has 0 bridgehead atoms. The highest BCUT2D eigenvalue weighted by molar-refractivity contribution is 5.70. The fraction of sp³-hybridized carbons (Fsp3) is 0.385. The lowest BCUT2D eigenvalue weighted by molar-refractivity contribution is -0.137. The highest BCUT2D eigenvalue weighted by atomic mass is 16.5. The Labute approximate surface area is 198 Å². The number of nitrogens with zero attached hydrogens (tertiary/aromatic N) is 3. The van der Waals surface area contributed by atoms with Gasteiger partial charge in [0.1, 0.15) is 5.75 Å². The zero-order chi connectivity index (χ0) is 24.2. The summed E-state index contributed by atoms with van der Waals surface area (Å²) < 4.78 is 11.2. The first kappa shape index (κ1) is 23.5. The molecule has 2 aromatic carbocycles. The fourth-order valence-corrected chi connectivity index (χ4v) is 4.42. The van der Waals surface area contributed by atoms with Gasteiger partial charge in [-0.05, 0) is 81.5 Å². The van der Waals surface area contributed by atoms with Crippen LogP contribution in [0.3, 0.4) is 0 Å². The van der Waals surface area contributed by atoms with Crippen LogP contribution in [0.5, 0.6) is 5.75 Å². The van der Waals surface area contributed by atoms with Crippen molar-refractivity contribution in [3.63, 3.8) is 0 Å². The minimum absolute atomic E-state index is 0.0275. The lowest BCUT2D eigenvalue weighted by Gasteiger charge is -2.29. The average Bonchev–Trinajstić information content (AvgIpc) is 3.29. The van der Waals surface area contributed by atoms with Crippen molar-refractivity contribution in [2.45, 2.75) is 58.6 Å². The molecular formula is C26H28N4O4. The Balaban J connectivity index is 1.60. The molecule has 1 aliphatic rings. The number of rotatable bonds is 8. The highest BCUT2D eigenvalue weighted by Gasteiger charge is 2.24. The first-order chi connectivity index (χ1) is 16.4. The van der Waals surface area contributed by atoms with E-state index in [1.807, 2.05) is 26.0 Å². The van der Waals surface area contributed by atoms with Gasteiger partial charge in [-0.2, -0.15) is 4.98 Å². The van der Waals surface area contributed by atoms with E-state index in [1.54, 1.807) is 12.1 Å². The maximum Gasteiger partial charge on any atom is 0.303 e. The van der Waals surface area contributed by atoms with E-state index in [9.17, 15) is 4.79 Å². The van der Waals surface area contributed by atoms with Crippen LogP contribution in [-0.2, 0) is 11.2 Å². The van der Waals surface area contributed by atoms with Crippen molar-refractivity contribution in [1.29, 1.82) is 0 Å². The Bertz CT molecular complexity index is 1240. The molecule has 4 rings (SSSR count). The minimum Gasteiger partial charge on any atom is -0.502 e. The van der Waals surface area contributed by atoms with Crippen LogP contribution in [-0.4, -0.2) is 33.9 Å². The number of hydrogen-bond acceptors (Lipinski definition) is 6. The summed E-state index contributed by atoms with van der Waals surface area (Å²) in [5.41, 5.74) is 5.55. The smallest absolute Gasteiger partial charge is 0.303 e. The molecule has 0 spiro atoms. The first-order valence-electron chi connectivity index (χ1n) is 11.5. The van der Waals surface area contributed by atoms with E-state index in [-0.39, 0.29) is 18.6 Å². The fourth-order valence-electron chi connectivity index (χ4n) is 4.42. The van der Waals surface area contributed by atoms with E-state index >= 15 is 0 Å². The standard InChI is InChI=1S/C26H28N4O4/c1-15(2)33-23-11-8-17(14-22(23)27-4)26-29-25(30-34-26)19-9-10-20-18(16(19)3)12-13-28-21(20)6-5-7-24(31)32/h8-11,14-15,21,28H,5-7,12-13H2,1-3H3,(H,31,32). The summed E-state index contributed by atoms with van der Waals surface area (Å²) in [6.45, 7) is 14.2. The van der Waals surface area contributed by atoms with Gasteiger partial charge in [-0.3, -0.25) is 4.79 Å². The molecule has 1 aromatic heterocycles. The zero-order valence-electron chi connectivity index (χ0n) is 19.6. The predicted octanol–water partition coefficient (Wildman–Crippen LogP) is 5.49. The summed E-state index contributed by atoms with van der Waals surface area (Å²) in [5.74, 6) is 0.621. The van der Waals surface area contributed by atoms with Crippen molar-refractivity contribution in [1.82, 2.24) is 15.5 Å². The van der Waals surface area contributed by atoms with Gasteiger partial charge in [0, 0.05) is 23.6 Å². The van der Waals surface area contributed by atoms with Crippen LogP contribution in [0.25, 0.3) is 27.7 Å². The third kappa shape index (κ3) is 4.95. The topological polar surface area (TPSA) is 102 Å². The number of nitrogens with one attached hydrogen (secondary N) is 1. The first-order valence-corrected chi connectivity index (χ1v) is 11.5. The number of aliphatic carboxylic acids is 1. The van der Waals surface area contributed by atoms with Gasteiger partial charge in [-0.15, -0.1) is 0 Å². The van der Waals surface area contributed by atoms with Crippen molar-refractivity contribution < 1.29 is 19.2 Å². The molecule has 3 aromatic rings. The molecule has 8 heteroatoms. The van der Waals surface area contributed by atoms with Gasteiger partial charge < -0.3 is 19.7 Å². The second-order valence-electron chi connectivity index (χ2n) is 8.73. The average molecular weight is 461 g/mol. The van der Waals surface area contributed by atoms with E-state index < -0.39 is 5.97 Å². The van der Waals surface area contributed by atoms with E-state index in [1.165, 1.54) is 11.1 Å². The summed E-state index contributed by atoms with van der Waals surface area (Å²) in [7, 11) is 0. The summed E-state index contributed by atoms with van der Waals surface area (Å²) in [6, 6.07) is 9.51. The Morgan fingerprint density at radius 3 is 2.91 bits per heavy atom. The molecule has 1 atom stereocenters. The van der Waals surface area contributed by atoms with Crippen molar-refractivity contribution in [2.24, 2.45) is 0 Å². The van der Waals surface area contributed by atoms with Crippen LogP contribution < -0.4 is 10.1 Å². The molecule has 1 unspecified atom stereocenters. The van der Waals surface area contributed by atoms with E-state index in [2.05, 4.69) is 33.3 Å². The number of fused-ring (bicyclic) bond motifs is 1. The van der Waals surface area contributed by atoms with Gasteiger partial charge in [-0.25, -0.2) is 4.85 Å². The maximum atomic E-state index is 10.9. The Hall–Kier alpha value is -3.70.